The summed E-state index contributed by atoms with van der Waals surface area (Å²) in [6.45, 7) is 0.427. The van der Waals surface area contributed by atoms with E-state index in [9.17, 15) is 10.1 Å². The van der Waals surface area contributed by atoms with Crippen LogP contribution >= 0.6 is 11.6 Å². The molecule has 0 saturated carbocycles. The summed E-state index contributed by atoms with van der Waals surface area (Å²) in [5, 5.41) is 11.6. The van der Waals surface area contributed by atoms with Crippen molar-refractivity contribution in [3.05, 3.63) is 62.4 Å². The zero-order valence-electron chi connectivity index (χ0n) is 11.5. The number of hydrogen-bond donors (Lipinski definition) is 1. The summed E-state index contributed by atoms with van der Waals surface area (Å²) in [5.41, 5.74) is 9.22. The number of rotatable bonds is 3. The number of nitro benzene ring substituents is 1. The molecule has 1 aliphatic rings. The maximum atomic E-state index is 11.1. The fourth-order valence-electron chi connectivity index (χ4n) is 2.93. The number of hydrogen-bond acceptors (Lipinski definition) is 3. The van der Waals surface area contributed by atoms with E-state index in [1.807, 2.05) is 17.0 Å². The van der Waals surface area contributed by atoms with Gasteiger partial charge in [0.1, 0.15) is 0 Å². The fourth-order valence-corrected chi connectivity index (χ4v) is 3.13. The molecule has 0 bridgehead atoms. The van der Waals surface area contributed by atoms with Crippen molar-refractivity contribution in [2.24, 2.45) is 5.73 Å². The number of nitrogens with two attached hydrogens (primary N) is 1. The van der Waals surface area contributed by atoms with Gasteiger partial charge in [-0.05, 0) is 42.5 Å². The molecule has 1 unspecified atom stereocenters. The lowest BCUT2D eigenvalue weighted by atomic mass is 9.92. The molecule has 110 valence electrons. The molecule has 1 aromatic heterocycles. The van der Waals surface area contributed by atoms with E-state index < -0.39 is 0 Å². The third-order valence-electron chi connectivity index (χ3n) is 3.95. The Morgan fingerprint density at radius 1 is 1.43 bits per heavy atom. The number of aromatic nitrogens is 1. The van der Waals surface area contributed by atoms with Gasteiger partial charge in [-0.3, -0.25) is 10.1 Å². The highest BCUT2D eigenvalue weighted by molar-refractivity contribution is 6.30. The van der Waals surface area contributed by atoms with Gasteiger partial charge in [0, 0.05) is 29.5 Å². The van der Waals surface area contributed by atoms with Crippen molar-refractivity contribution in [2.75, 3.05) is 0 Å². The Bertz CT molecular complexity index is 696. The van der Waals surface area contributed by atoms with Crippen LogP contribution in [-0.2, 0) is 13.0 Å². The third-order valence-corrected chi connectivity index (χ3v) is 4.18. The second-order valence-corrected chi connectivity index (χ2v) is 5.88. The number of benzene rings is 1. The second kappa shape index (κ2) is 5.50. The van der Waals surface area contributed by atoms with Crippen molar-refractivity contribution in [3.63, 3.8) is 0 Å². The molecule has 0 saturated heterocycles. The molecule has 2 N–H and O–H groups in total. The molecular formula is C15H16ClN3O2. The lowest BCUT2D eigenvalue weighted by molar-refractivity contribution is -0.385. The van der Waals surface area contributed by atoms with E-state index in [1.54, 1.807) is 12.1 Å². The average Bonchev–Trinajstić information content (AvgIpc) is 2.82. The summed E-state index contributed by atoms with van der Waals surface area (Å²) < 4.78 is 1.97. The van der Waals surface area contributed by atoms with E-state index in [0.29, 0.717) is 17.1 Å². The smallest absolute Gasteiger partial charge is 0.274 e. The number of nitrogens with zero attached hydrogens (tertiary/aromatic N) is 2. The SMILES string of the molecule is NC1CCCc2cn(Cc3cc(Cl)ccc3[N+](=O)[O-])cc21. The highest BCUT2D eigenvalue weighted by atomic mass is 35.5. The van der Waals surface area contributed by atoms with Crippen molar-refractivity contribution >= 4 is 17.3 Å². The normalized spacial score (nSPS) is 17.5. The molecule has 21 heavy (non-hydrogen) atoms. The molecule has 1 aromatic carbocycles. The molecule has 0 fully saturated rings. The molecule has 5 nitrogen and oxygen atoms in total. The molecule has 1 heterocycles. The van der Waals surface area contributed by atoms with E-state index in [1.165, 1.54) is 11.6 Å². The number of aryl methyl sites for hydroxylation is 1. The van der Waals surface area contributed by atoms with Gasteiger partial charge in [0.2, 0.25) is 0 Å². The molecule has 0 radical (unpaired) electrons. The van der Waals surface area contributed by atoms with Crippen molar-refractivity contribution in [2.45, 2.75) is 31.8 Å². The minimum absolute atomic E-state index is 0.0735. The van der Waals surface area contributed by atoms with Crippen LogP contribution in [0.15, 0.2) is 30.6 Å². The summed E-state index contributed by atoms with van der Waals surface area (Å²) in [6, 6.07) is 4.72. The summed E-state index contributed by atoms with van der Waals surface area (Å²) in [4.78, 5) is 10.7. The summed E-state index contributed by atoms with van der Waals surface area (Å²) in [7, 11) is 0. The maximum Gasteiger partial charge on any atom is 0.274 e. The van der Waals surface area contributed by atoms with E-state index >= 15 is 0 Å². The Labute approximate surface area is 127 Å². The Morgan fingerprint density at radius 2 is 2.24 bits per heavy atom. The molecule has 1 aliphatic carbocycles. The molecule has 0 amide bonds. The quantitative estimate of drug-likeness (QED) is 0.697. The van der Waals surface area contributed by atoms with Crippen LogP contribution in [0.1, 0.15) is 35.6 Å². The number of nitro groups is 1. The van der Waals surface area contributed by atoms with E-state index in [4.69, 9.17) is 17.3 Å². The van der Waals surface area contributed by atoms with E-state index in [-0.39, 0.29) is 16.7 Å². The van der Waals surface area contributed by atoms with Gasteiger partial charge in [0.05, 0.1) is 17.0 Å². The van der Waals surface area contributed by atoms with E-state index in [0.717, 1.165) is 24.8 Å². The van der Waals surface area contributed by atoms with Crippen LogP contribution in [0.2, 0.25) is 5.02 Å². The first-order valence-corrected chi connectivity index (χ1v) is 7.29. The van der Waals surface area contributed by atoms with Crippen LogP contribution < -0.4 is 5.73 Å². The monoisotopic (exact) mass is 305 g/mol. The van der Waals surface area contributed by atoms with Gasteiger partial charge >= 0.3 is 0 Å². The lowest BCUT2D eigenvalue weighted by Gasteiger charge is -2.17. The van der Waals surface area contributed by atoms with Crippen molar-refractivity contribution < 1.29 is 4.92 Å². The van der Waals surface area contributed by atoms with E-state index in [2.05, 4.69) is 0 Å². The minimum Gasteiger partial charge on any atom is -0.349 e. The average molecular weight is 306 g/mol. The second-order valence-electron chi connectivity index (χ2n) is 5.44. The van der Waals surface area contributed by atoms with Gasteiger partial charge in [0.25, 0.3) is 5.69 Å². The zero-order chi connectivity index (χ0) is 15.0. The first kappa shape index (κ1) is 14.1. The highest BCUT2D eigenvalue weighted by Gasteiger charge is 2.20. The van der Waals surface area contributed by atoms with Gasteiger partial charge in [-0.25, -0.2) is 0 Å². The lowest BCUT2D eigenvalue weighted by Crippen LogP contribution is -2.15. The van der Waals surface area contributed by atoms with Gasteiger partial charge in [0.15, 0.2) is 0 Å². The molecule has 3 rings (SSSR count). The molecule has 0 aliphatic heterocycles. The molecule has 6 heteroatoms. The highest BCUT2D eigenvalue weighted by Crippen LogP contribution is 2.30. The number of halogens is 1. The summed E-state index contributed by atoms with van der Waals surface area (Å²) in [5.74, 6) is 0. The molecular weight excluding hydrogens is 290 g/mol. The standard InChI is InChI=1S/C15H16ClN3O2/c16-12-4-5-15(19(20)21)11(6-12)8-18-7-10-2-1-3-14(17)13(10)9-18/h4-7,9,14H,1-3,8,17H2. The van der Waals surface area contributed by atoms with Crippen molar-refractivity contribution in [3.8, 4) is 0 Å². The maximum absolute atomic E-state index is 11.1. The number of fused-ring (bicyclic) bond motifs is 1. The molecule has 0 spiro atoms. The van der Waals surface area contributed by atoms with Crippen LogP contribution in [0.4, 0.5) is 5.69 Å². The van der Waals surface area contributed by atoms with Crippen molar-refractivity contribution in [1.82, 2.24) is 4.57 Å². The first-order chi connectivity index (χ1) is 10.0. The fraction of sp³-hybridized carbons (Fsp3) is 0.333. The van der Waals surface area contributed by atoms with Crippen LogP contribution in [0, 0.1) is 10.1 Å². The van der Waals surface area contributed by atoms with Gasteiger partial charge < -0.3 is 10.3 Å². The van der Waals surface area contributed by atoms with Crippen LogP contribution in [0.25, 0.3) is 0 Å². The first-order valence-electron chi connectivity index (χ1n) is 6.91. The summed E-state index contributed by atoms with van der Waals surface area (Å²) in [6.07, 6.45) is 7.15. The Morgan fingerprint density at radius 3 is 2.95 bits per heavy atom. The van der Waals surface area contributed by atoms with Gasteiger partial charge in [-0.2, -0.15) is 0 Å². The van der Waals surface area contributed by atoms with Crippen molar-refractivity contribution in [1.29, 1.82) is 0 Å². The Hall–Kier alpha value is -1.85. The molecule has 1 atom stereocenters. The Kier molecular flexibility index (Phi) is 3.69. The Balaban J connectivity index is 1.94. The predicted molar refractivity (Wildman–Crippen MR) is 81.5 cm³/mol. The minimum atomic E-state index is -0.374. The van der Waals surface area contributed by atoms with Crippen LogP contribution in [0.5, 0.6) is 0 Å². The van der Waals surface area contributed by atoms with Gasteiger partial charge in [-0.15, -0.1) is 0 Å². The predicted octanol–water partition coefficient (Wildman–Crippen LogP) is 3.43. The zero-order valence-corrected chi connectivity index (χ0v) is 12.2. The largest absolute Gasteiger partial charge is 0.349 e. The topological polar surface area (TPSA) is 74.1 Å². The van der Waals surface area contributed by atoms with Crippen LogP contribution in [-0.4, -0.2) is 9.49 Å². The van der Waals surface area contributed by atoms with Gasteiger partial charge in [-0.1, -0.05) is 11.6 Å². The molecule has 2 aromatic rings. The van der Waals surface area contributed by atoms with Crippen LogP contribution in [0.3, 0.4) is 0 Å². The third kappa shape index (κ3) is 2.80. The summed E-state index contributed by atoms with van der Waals surface area (Å²) >= 11 is 5.96.